The van der Waals surface area contributed by atoms with Gasteiger partial charge in [0.05, 0.1) is 6.54 Å². The number of carbonyl (C=O) groups is 1. The summed E-state index contributed by atoms with van der Waals surface area (Å²) in [5, 5.41) is 9.51. The predicted molar refractivity (Wildman–Crippen MR) is 94.6 cm³/mol. The number of hydrogen-bond acceptors (Lipinski definition) is 3. The number of aliphatic imine (C=N–C) groups is 1. The Kier molecular flexibility index (Phi) is 7.65. The van der Waals surface area contributed by atoms with Gasteiger partial charge in [0.1, 0.15) is 0 Å². The number of carbonyl (C=O) groups excluding carboxylic acids is 1. The molecule has 1 amide bonds. The van der Waals surface area contributed by atoms with Crippen molar-refractivity contribution in [2.45, 2.75) is 39.5 Å². The Morgan fingerprint density at radius 3 is 2.65 bits per heavy atom. The molecule has 2 aliphatic rings. The van der Waals surface area contributed by atoms with Gasteiger partial charge in [-0.3, -0.25) is 9.79 Å². The monoisotopic (exact) mass is 323 g/mol. The van der Waals surface area contributed by atoms with Crippen molar-refractivity contribution >= 4 is 11.9 Å². The molecule has 2 fully saturated rings. The fourth-order valence-electron chi connectivity index (χ4n) is 2.99. The standard InChI is InChI=1S/C17H33N5O/c1-3-18-17(20-9-8-19-16(23)15-6-7-15)21-10-12-22-11-4-5-14(2)13-22/h14-15H,3-13H2,1-2H3,(H,19,23)(H2,18,20,21). The molecule has 3 N–H and O–H groups in total. The van der Waals surface area contributed by atoms with Gasteiger partial charge in [0.2, 0.25) is 5.91 Å². The molecule has 0 bridgehead atoms. The Morgan fingerprint density at radius 2 is 1.96 bits per heavy atom. The van der Waals surface area contributed by atoms with Crippen LogP contribution >= 0.6 is 0 Å². The van der Waals surface area contributed by atoms with Crippen LogP contribution in [0.5, 0.6) is 0 Å². The van der Waals surface area contributed by atoms with Gasteiger partial charge in [0.15, 0.2) is 5.96 Å². The van der Waals surface area contributed by atoms with Crippen molar-refractivity contribution in [2.24, 2.45) is 16.8 Å². The first-order chi connectivity index (χ1) is 11.2. The van der Waals surface area contributed by atoms with E-state index in [4.69, 9.17) is 0 Å². The zero-order valence-electron chi connectivity index (χ0n) is 14.7. The van der Waals surface area contributed by atoms with E-state index in [9.17, 15) is 4.79 Å². The lowest BCUT2D eigenvalue weighted by molar-refractivity contribution is -0.122. The number of likely N-dealkylation sites (tertiary alicyclic amines) is 1. The highest BCUT2D eigenvalue weighted by Gasteiger charge is 2.28. The molecular weight excluding hydrogens is 290 g/mol. The quantitative estimate of drug-likeness (QED) is 0.351. The van der Waals surface area contributed by atoms with Gasteiger partial charge in [0, 0.05) is 38.6 Å². The van der Waals surface area contributed by atoms with E-state index < -0.39 is 0 Å². The summed E-state index contributed by atoms with van der Waals surface area (Å²) in [6, 6.07) is 0. The number of guanidine groups is 1. The minimum atomic E-state index is 0.202. The minimum Gasteiger partial charge on any atom is -0.357 e. The summed E-state index contributed by atoms with van der Waals surface area (Å²) in [4.78, 5) is 18.7. The fourth-order valence-corrected chi connectivity index (χ4v) is 2.99. The van der Waals surface area contributed by atoms with Crippen molar-refractivity contribution in [3.63, 3.8) is 0 Å². The zero-order valence-corrected chi connectivity index (χ0v) is 14.7. The van der Waals surface area contributed by atoms with Crippen LogP contribution in [0.1, 0.15) is 39.5 Å². The van der Waals surface area contributed by atoms with Crippen LogP contribution in [-0.2, 0) is 4.79 Å². The second-order valence-electron chi connectivity index (χ2n) is 6.80. The van der Waals surface area contributed by atoms with E-state index in [0.29, 0.717) is 13.1 Å². The maximum absolute atomic E-state index is 11.6. The summed E-state index contributed by atoms with van der Waals surface area (Å²) < 4.78 is 0. The highest BCUT2D eigenvalue weighted by atomic mass is 16.2. The van der Waals surface area contributed by atoms with Crippen LogP contribution in [0.25, 0.3) is 0 Å². The number of rotatable bonds is 8. The van der Waals surface area contributed by atoms with Gasteiger partial charge in [-0.2, -0.15) is 0 Å². The third-order valence-corrected chi connectivity index (χ3v) is 4.44. The average molecular weight is 323 g/mol. The van der Waals surface area contributed by atoms with Crippen molar-refractivity contribution in [3.8, 4) is 0 Å². The Labute approximate surface area is 140 Å². The molecule has 1 unspecified atom stereocenters. The first-order valence-corrected chi connectivity index (χ1v) is 9.21. The number of nitrogens with zero attached hydrogens (tertiary/aromatic N) is 2. The van der Waals surface area contributed by atoms with E-state index in [1.807, 2.05) is 0 Å². The molecule has 1 heterocycles. The van der Waals surface area contributed by atoms with Crippen LogP contribution in [0, 0.1) is 11.8 Å². The molecule has 0 aromatic carbocycles. The number of nitrogens with one attached hydrogen (secondary N) is 3. The Bertz CT molecular complexity index is 394. The van der Waals surface area contributed by atoms with Crippen LogP contribution in [0.4, 0.5) is 0 Å². The molecule has 1 atom stereocenters. The molecule has 132 valence electrons. The second-order valence-corrected chi connectivity index (χ2v) is 6.80. The Balaban J connectivity index is 1.61. The van der Waals surface area contributed by atoms with E-state index in [0.717, 1.165) is 44.4 Å². The number of piperidine rings is 1. The molecule has 0 spiro atoms. The van der Waals surface area contributed by atoms with Crippen LogP contribution in [0.2, 0.25) is 0 Å². The van der Waals surface area contributed by atoms with E-state index in [1.165, 1.54) is 25.9 Å². The number of hydrogen-bond donors (Lipinski definition) is 3. The fraction of sp³-hybridized carbons (Fsp3) is 0.882. The maximum atomic E-state index is 11.6. The van der Waals surface area contributed by atoms with Crippen LogP contribution in [0.3, 0.4) is 0 Å². The first kappa shape index (κ1) is 18.0. The van der Waals surface area contributed by atoms with Gasteiger partial charge >= 0.3 is 0 Å². The summed E-state index contributed by atoms with van der Waals surface area (Å²) in [5.74, 6) is 2.14. The molecule has 6 heteroatoms. The van der Waals surface area contributed by atoms with Gasteiger partial charge in [0.25, 0.3) is 0 Å². The van der Waals surface area contributed by atoms with Gasteiger partial charge < -0.3 is 20.9 Å². The van der Waals surface area contributed by atoms with E-state index in [-0.39, 0.29) is 11.8 Å². The van der Waals surface area contributed by atoms with Crippen LogP contribution < -0.4 is 16.0 Å². The SMILES string of the molecule is CCNC(=NCCN1CCCC(C)C1)NCCNC(=O)C1CC1. The molecule has 1 aliphatic carbocycles. The van der Waals surface area contributed by atoms with Crippen molar-refractivity contribution < 1.29 is 4.79 Å². The maximum Gasteiger partial charge on any atom is 0.223 e. The van der Waals surface area contributed by atoms with Gasteiger partial charge in [-0.1, -0.05) is 6.92 Å². The van der Waals surface area contributed by atoms with Gasteiger partial charge in [-0.15, -0.1) is 0 Å². The molecule has 0 aromatic rings. The molecule has 0 aromatic heterocycles. The highest BCUT2D eigenvalue weighted by Crippen LogP contribution is 2.28. The normalized spacial score (nSPS) is 22.7. The molecule has 1 aliphatic heterocycles. The lowest BCUT2D eigenvalue weighted by atomic mass is 10.0. The summed E-state index contributed by atoms with van der Waals surface area (Å²) in [6.45, 7) is 10.9. The van der Waals surface area contributed by atoms with Gasteiger partial charge in [-0.05, 0) is 45.1 Å². The molecule has 1 saturated heterocycles. The Hall–Kier alpha value is -1.30. The molecule has 0 radical (unpaired) electrons. The highest BCUT2D eigenvalue weighted by molar-refractivity contribution is 5.81. The third-order valence-electron chi connectivity index (χ3n) is 4.44. The zero-order chi connectivity index (χ0) is 16.5. The lowest BCUT2D eigenvalue weighted by Crippen LogP contribution is -2.42. The molecule has 23 heavy (non-hydrogen) atoms. The first-order valence-electron chi connectivity index (χ1n) is 9.21. The van der Waals surface area contributed by atoms with E-state index in [1.54, 1.807) is 0 Å². The minimum absolute atomic E-state index is 0.202. The topological polar surface area (TPSA) is 68.8 Å². The van der Waals surface area contributed by atoms with E-state index >= 15 is 0 Å². The van der Waals surface area contributed by atoms with Crippen molar-refractivity contribution in [2.75, 3.05) is 45.8 Å². The smallest absolute Gasteiger partial charge is 0.223 e. The summed E-state index contributed by atoms with van der Waals surface area (Å²) >= 11 is 0. The predicted octanol–water partition coefficient (Wildman–Crippen LogP) is 0.800. The summed E-state index contributed by atoms with van der Waals surface area (Å²) in [5.41, 5.74) is 0. The molecular formula is C17H33N5O. The van der Waals surface area contributed by atoms with Crippen LogP contribution in [-0.4, -0.2) is 62.6 Å². The van der Waals surface area contributed by atoms with Gasteiger partial charge in [-0.25, -0.2) is 0 Å². The molecule has 1 saturated carbocycles. The molecule has 6 nitrogen and oxygen atoms in total. The van der Waals surface area contributed by atoms with Crippen LogP contribution in [0.15, 0.2) is 4.99 Å². The number of amides is 1. The molecule has 2 rings (SSSR count). The van der Waals surface area contributed by atoms with Crippen molar-refractivity contribution in [1.82, 2.24) is 20.9 Å². The summed E-state index contributed by atoms with van der Waals surface area (Å²) in [6.07, 6.45) is 4.78. The van der Waals surface area contributed by atoms with E-state index in [2.05, 4.69) is 39.7 Å². The summed E-state index contributed by atoms with van der Waals surface area (Å²) in [7, 11) is 0. The largest absolute Gasteiger partial charge is 0.357 e. The Morgan fingerprint density at radius 1 is 1.17 bits per heavy atom. The van der Waals surface area contributed by atoms with Crippen molar-refractivity contribution in [1.29, 1.82) is 0 Å². The average Bonchev–Trinajstić information content (AvgIpc) is 3.36. The lowest BCUT2D eigenvalue weighted by Gasteiger charge is -2.30. The van der Waals surface area contributed by atoms with Crippen molar-refractivity contribution in [3.05, 3.63) is 0 Å². The third kappa shape index (κ3) is 7.20. The second kappa shape index (κ2) is 9.75.